The molecule has 5 rings (SSSR count). The second kappa shape index (κ2) is 12.6. The Bertz CT molecular complexity index is 1360. The smallest absolute Gasteiger partial charge is 0.379 e. The van der Waals surface area contributed by atoms with Crippen molar-refractivity contribution in [1.29, 1.82) is 0 Å². The third-order valence-corrected chi connectivity index (χ3v) is 7.50. The minimum atomic E-state index is -5.01. The van der Waals surface area contributed by atoms with Crippen molar-refractivity contribution in [1.82, 2.24) is 14.9 Å². The number of ether oxygens (including phenoxy) is 3. The van der Waals surface area contributed by atoms with Crippen LogP contribution in [0, 0.1) is 5.82 Å². The van der Waals surface area contributed by atoms with Crippen LogP contribution in [-0.2, 0) is 33.1 Å². The lowest BCUT2D eigenvalue weighted by molar-refractivity contribution is -0.192. The van der Waals surface area contributed by atoms with Gasteiger partial charge in [0, 0.05) is 26.2 Å². The van der Waals surface area contributed by atoms with Crippen LogP contribution < -0.4 is 4.90 Å². The van der Waals surface area contributed by atoms with E-state index in [1.807, 2.05) is 4.90 Å². The first-order chi connectivity index (χ1) is 20.3. The number of nitrogens with zero attached hydrogens (tertiary/aromatic N) is 3. The number of aromatic amines is 1. The van der Waals surface area contributed by atoms with E-state index in [0.717, 1.165) is 0 Å². The van der Waals surface area contributed by atoms with E-state index in [4.69, 9.17) is 25.8 Å². The minimum absolute atomic E-state index is 0.0632. The molecule has 3 atom stereocenters. The second-order valence-corrected chi connectivity index (χ2v) is 10.6. The highest BCUT2D eigenvalue weighted by atomic mass is 35.5. The Hall–Kier alpha value is -2.91. The molecular weight excluding hydrogens is 609 g/mol. The van der Waals surface area contributed by atoms with Crippen LogP contribution in [0.3, 0.4) is 0 Å². The molecule has 2 unspecified atom stereocenters. The second-order valence-electron chi connectivity index (χ2n) is 10.3. The van der Waals surface area contributed by atoms with Gasteiger partial charge in [-0.2, -0.15) is 26.3 Å². The van der Waals surface area contributed by atoms with Crippen LogP contribution in [0.2, 0.25) is 5.28 Å². The van der Waals surface area contributed by atoms with Gasteiger partial charge in [-0.1, -0.05) is 12.1 Å². The third kappa shape index (κ3) is 7.43. The highest BCUT2D eigenvalue weighted by Crippen LogP contribution is 2.41. The molecule has 1 aromatic heterocycles. The van der Waals surface area contributed by atoms with Gasteiger partial charge in [-0.25, -0.2) is 9.37 Å². The molecule has 0 spiro atoms. The number of nitrogens with one attached hydrogen (secondary N) is 1. The van der Waals surface area contributed by atoms with Gasteiger partial charge in [0.15, 0.2) is 12.1 Å². The number of aromatic nitrogens is 2. The molecule has 2 aliphatic rings. The molecule has 234 valence electrons. The summed E-state index contributed by atoms with van der Waals surface area (Å²) >= 11 is 6.29. The van der Waals surface area contributed by atoms with Gasteiger partial charge in [0.2, 0.25) is 5.28 Å². The van der Waals surface area contributed by atoms with Gasteiger partial charge in [-0.3, -0.25) is 4.90 Å². The molecule has 15 heteroatoms. The average Bonchev–Trinajstić information content (AvgIpc) is 3.32. The van der Waals surface area contributed by atoms with Crippen molar-refractivity contribution < 1.29 is 44.9 Å². The molecule has 3 aromatic rings. The number of alkyl halides is 6. The van der Waals surface area contributed by atoms with Crippen LogP contribution in [-0.4, -0.2) is 60.6 Å². The summed E-state index contributed by atoms with van der Waals surface area (Å²) in [5.74, 6) is -0.0360. The van der Waals surface area contributed by atoms with Crippen LogP contribution >= 0.6 is 11.6 Å². The maximum Gasteiger partial charge on any atom is 0.416 e. The van der Waals surface area contributed by atoms with E-state index in [1.165, 1.54) is 31.2 Å². The lowest BCUT2D eigenvalue weighted by Gasteiger charge is -2.42. The van der Waals surface area contributed by atoms with E-state index in [0.29, 0.717) is 62.1 Å². The third-order valence-electron chi connectivity index (χ3n) is 7.32. The molecule has 0 aliphatic carbocycles. The van der Waals surface area contributed by atoms with Crippen LogP contribution in [0.5, 0.6) is 0 Å². The molecule has 2 aliphatic heterocycles. The molecule has 1 N–H and O–H groups in total. The molecular formula is C28H28ClF7N4O3. The zero-order valence-corrected chi connectivity index (χ0v) is 23.6. The number of imidazole rings is 1. The first kappa shape index (κ1) is 31.5. The first-order valence-electron chi connectivity index (χ1n) is 13.4. The van der Waals surface area contributed by atoms with Crippen molar-refractivity contribution in [2.24, 2.45) is 0 Å². The molecule has 2 saturated heterocycles. The van der Waals surface area contributed by atoms with Gasteiger partial charge in [-0.15, -0.1) is 0 Å². The van der Waals surface area contributed by atoms with Gasteiger partial charge in [0.05, 0.1) is 42.7 Å². The molecule has 0 radical (unpaired) electrons. The zero-order chi connectivity index (χ0) is 30.9. The van der Waals surface area contributed by atoms with E-state index in [1.54, 1.807) is 0 Å². The maximum absolute atomic E-state index is 13.9. The minimum Gasteiger partial charge on any atom is -0.379 e. The number of rotatable bonds is 7. The van der Waals surface area contributed by atoms with Gasteiger partial charge in [0.1, 0.15) is 11.9 Å². The molecule has 3 heterocycles. The first-order valence-corrected chi connectivity index (χ1v) is 13.8. The topological polar surface area (TPSA) is 62.9 Å². The van der Waals surface area contributed by atoms with Gasteiger partial charge in [-0.05, 0) is 60.0 Å². The average molecular weight is 637 g/mol. The Morgan fingerprint density at radius 3 is 2.21 bits per heavy atom. The fourth-order valence-electron chi connectivity index (χ4n) is 5.19. The SMILES string of the molecule is C[C@@H](OC1OCCN(c2nc(Cl)[nH]c2CN2CCOCC2)C1c1ccc(F)cc1)c1cc(C(F)(F)F)cc(C(F)(F)F)c1. The fraction of sp³-hybridized carbons (Fsp3) is 0.464. The number of halogens is 8. The number of benzene rings is 2. The monoisotopic (exact) mass is 636 g/mol. The van der Waals surface area contributed by atoms with Crippen molar-refractivity contribution >= 4 is 17.4 Å². The summed E-state index contributed by atoms with van der Waals surface area (Å²) in [5.41, 5.74) is -2.03. The summed E-state index contributed by atoms with van der Waals surface area (Å²) < 4.78 is 112. The van der Waals surface area contributed by atoms with Crippen molar-refractivity contribution in [2.75, 3.05) is 44.4 Å². The normalized spacial score (nSPS) is 21.3. The van der Waals surface area contributed by atoms with Crippen LogP contribution in [0.25, 0.3) is 0 Å². The lowest BCUT2D eigenvalue weighted by Crippen LogP contribution is -2.47. The van der Waals surface area contributed by atoms with E-state index in [-0.39, 0.29) is 30.1 Å². The van der Waals surface area contributed by atoms with E-state index < -0.39 is 47.7 Å². The van der Waals surface area contributed by atoms with Crippen molar-refractivity contribution in [2.45, 2.75) is 44.3 Å². The number of hydrogen-bond donors (Lipinski definition) is 1. The molecule has 0 bridgehead atoms. The molecule has 43 heavy (non-hydrogen) atoms. The molecule has 2 fully saturated rings. The largest absolute Gasteiger partial charge is 0.416 e. The summed E-state index contributed by atoms with van der Waals surface area (Å²) in [4.78, 5) is 11.5. The van der Waals surface area contributed by atoms with Gasteiger partial charge < -0.3 is 24.1 Å². The summed E-state index contributed by atoms with van der Waals surface area (Å²) in [6.07, 6.45) is -12.5. The summed E-state index contributed by atoms with van der Waals surface area (Å²) in [7, 11) is 0. The Balaban J connectivity index is 1.49. The summed E-state index contributed by atoms with van der Waals surface area (Å²) in [6.45, 7) is 4.66. The zero-order valence-electron chi connectivity index (χ0n) is 22.8. The van der Waals surface area contributed by atoms with E-state index in [2.05, 4.69) is 14.9 Å². The number of morpholine rings is 2. The summed E-state index contributed by atoms with van der Waals surface area (Å²) in [6, 6.07) is 5.98. The lowest BCUT2D eigenvalue weighted by atomic mass is 10.0. The quantitative estimate of drug-likeness (QED) is 0.290. The maximum atomic E-state index is 13.9. The van der Waals surface area contributed by atoms with E-state index >= 15 is 0 Å². The molecule has 7 nitrogen and oxygen atoms in total. The van der Waals surface area contributed by atoms with Crippen LogP contribution in [0.1, 0.15) is 47.0 Å². The molecule has 0 saturated carbocycles. The van der Waals surface area contributed by atoms with Crippen LogP contribution in [0.4, 0.5) is 36.6 Å². The Morgan fingerprint density at radius 2 is 1.60 bits per heavy atom. The molecule has 2 aromatic carbocycles. The van der Waals surface area contributed by atoms with Gasteiger partial charge in [0.25, 0.3) is 0 Å². The number of H-pyrrole nitrogens is 1. The van der Waals surface area contributed by atoms with Crippen molar-refractivity contribution in [3.8, 4) is 0 Å². The van der Waals surface area contributed by atoms with Crippen molar-refractivity contribution in [3.05, 3.63) is 81.5 Å². The summed E-state index contributed by atoms with van der Waals surface area (Å²) in [5, 5.41) is 0.122. The van der Waals surface area contributed by atoms with Crippen LogP contribution in [0.15, 0.2) is 42.5 Å². The predicted molar refractivity (Wildman–Crippen MR) is 142 cm³/mol. The Labute approximate surface area is 247 Å². The van der Waals surface area contributed by atoms with Gasteiger partial charge >= 0.3 is 12.4 Å². The fourth-order valence-corrected chi connectivity index (χ4v) is 5.38. The standard InChI is InChI=1S/C28H28ClF7N4O3/c1-16(18-12-19(27(31,32)33)14-20(13-18)28(34,35)36)43-25-23(17-2-4-21(30)5-3-17)40(8-11-42-25)24-22(37-26(29)38-24)15-39-6-9-41-10-7-39/h2-5,12-14,16,23,25H,6-11,15H2,1H3,(H,37,38)/t16-,23?,25?/m1/s1. The Kier molecular flexibility index (Phi) is 9.23. The predicted octanol–water partition coefficient (Wildman–Crippen LogP) is 6.75. The van der Waals surface area contributed by atoms with E-state index in [9.17, 15) is 30.7 Å². The highest BCUT2D eigenvalue weighted by molar-refractivity contribution is 6.28. The molecule has 0 amide bonds. The number of anilines is 1. The highest BCUT2D eigenvalue weighted by Gasteiger charge is 2.40. The Morgan fingerprint density at radius 1 is 0.977 bits per heavy atom. The number of hydrogen-bond acceptors (Lipinski definition) is 6. The van der Waals surface area contributed by atoms with Crippen molar-refractivity contribution in [3.63, 3.8) is 0 Å².